The Balaban J connectivity index is 1.54. The van der Waals surface area contributed by atoms with Crippen LogP contribution in [0.2, 0.25) is 0 Å². The lowest BCUT2D eigenvalue weighted by atomic mass is 10.2. The molecule has 1 aromatic carbocycles. The number of rotatable bonds is 5. The van der Waals surface area contributed by atoms with Crippen LogP contribution in [0, 0.1) is 5.92 Å². The molecule has 0 bridgehead atoms. The first kappa shape index (κ1) is 13.9. The molecule has 5 heteroatoms. The summed E-state index contributed by atoms with van der Waals surface area (Å²) in [7, 11) is 0. The predicted molar refractivity (Wildman–Crippen MR) is 88.1 cm³/mol. The molecule has 23 heavy (non-hydrogen) atoms. The van der Waals surface area contributed by atoms with Gasteiger partial charge >= 0.3 is 0 Å². The number of nitrogens with zero attached hydrogens (tertiary/aromatic N) is 3. The van der Waals surface area contributed by atoms with Crippen LogP contribution in [0.15, 0.2) is 48.8 Å². The van der Waals surface area contributed by atoms with Crippen molar-refractivity contribution in [2.24, 2.45) is 5.92 Å². The first-order chi connectivity index (χ1) is 11.3. The van der Waals surface area contributed by atoms with Crippen LogP contribution >= 0.6 is 0 Å². The van der Waals surface area contributed by atoms with Gasteiger partial charge in [0.1, 0.15) is 0 Å². The van der Waals surface area contributed by atoms with Crippen molar-refractivity contribution in [3.8, 4) is 0 Å². The minimum atomic E-state index is -0.0536. The molecule has 1 saturated carbocycles. The predicted octanol–water partition coefficient (Wildman–Crippen LogP) is 2.62. The summed E-state index contributed by atoms with van der Waals surface area (Å²) in [6.07, 6.45) is 5.85. The van der Waals surface area contributed by atoms with Gasteiger partial charge in [0.05, 0.1) is 18.3 Å². The number of amides is 1. The van der Waals surface area contributed by atoms with Gasteiger partial charge in [-0.2, -0.15) is 5.10 Å². The number of fused-ring (bicyclic) bond motifs is 1. The van der Waals surface area contributed by atoms with Crippen molar-refractivity contribution < 1.29 is 4.79 Å². The van der Waals surface area contributed by atoms with E-state index in [1.165, 1.54) is 18.4 Å². The van der Waals surface area contributed by atoms with Gasteiger partial charge in [0.15, 0.2) is 5.65 Å². The number of aromatic nitrogens is 3. The number of pyridine rings is 1. The monoisotopic (exact) mass is 306 g/mol. The van der Waals surface area contributed by atoms with Gasteiger partial charge in [-0.1, -0.05) is 30.3 Å². The van der Waals surface area contributed by atoms with Gasteiger partial charge in [-0.3, -0.25) is 4.79 Å². The Morgan fingerprint density at radius 1 is 1.22 bits per heavy atom. The fourth-order valence-corrected chi connectivity index (χ4v) is 2.63. The molecule has 4 rings (SSSR count). The molecular weight excluding hydrogens is 288 g/mol. The van der Waals surface area contributed by atoms with E-state index >= 15 is 0 Å². The van der Waals surface area contributed by atoms with E-state index in [0.29, 0.717) is 18.0 Å². The summed E-state index contributed by atoms with van der Waals surface area (Å²) in [4.78, 5) is 16.6. The van der Waals surface area contributed by atoms with E-state index in [9.17, 15) is 4.79 Å². The summed E-state index contributed by atoms with van der Waals surface area (Å²) < 4.78 is 1.86. The normalized spacial score (nSPS) is 14.1. The van der Waals surface area contributed by atoms with Gasteiger partial charge in [-0.15, -0.1) is 0 Å². The second-order valence-electron chi connectivity index (χ2n) is 6.08. The largest absolute Gasteiger partial charge is 0.352 e. The van der Waals surface area contributed by atoms with Gasteiger partial charge in [-0.25, -0.2) is 9.67 Å². The summed E-state index contributed by atoms with van der Waals surface area (Å²) in [6.45, 7) is 1.44. The number of nitrogens with one attached hydrogen (secondary N) is 1. The maximum absolute atomic E-state index is 12.1. The van der Waals surface area contributed by atoms with Gasteiger partial charge in [0, 0.05) is 18.1 Å². The first-order valence-electron chi connectivity index (χ1n) is 7.93. The van der Waals surface area contributed by atoms with E-state index in [1.54, 1.807) is 12.4 Å². The number of carbonyl (C=O) groups is 1. The van der Waals surface area contributed by atoms with Crippen molar-refractivity contribution in [1.29, 1.82) is 0 Å². The molecule has 3 aromatic rings. The fourth-order valence-electron chi connectivity index (χ4n) is 2.63. The van der Waals surface area contributed by atoms with Crippen molar-refractivity contribution in [1.82, 2.24) is 20.1 Å². The average molecular weight is 306 g/mol. The van der Waals surface area contributed by atoms with Crippen LogP contribution in [0.5, 0.6) is 0 Å². The van der Waals surface area contributed by atoms with Crippen molar-refractivity contribution in [3.05, 3.63) is 59.9 Å². The molecule has 0 unspecified atom stereocenters. The Morgan fingerprint density at radius 2 is 2.04 bits per heavy atom. The molecule has 0 saturated heterocycles. The number of hydrogen-bond donors (Lipinski definition) is 1. The molecule has 1 fully saturated rings. The van der Waals surface area contributed by atoms with Gasteiger partial charge in [0.25, 0.3) is 5.91 Å². The third-order valence-corrected chi connectivity index (χ3v) is 4.16. The van der Waals surface area contributed by atoms with Gasteiger partial charge in [0.2, 0.25) is 0 Å². The molecule has 0 aliphatic heterocycles. The molecule has 0 atom stereocenters. The molecule has 116 valence electrons. The van der Waals surface area contributed by atoms with E-state index in [2.05, 4.69) is 27.5 Å². The lowest BCUT2D eigenvalue weighted by molar-refractivity contribution is 0.0951. The zero-order valence-corrected chi connectivity index (χ0v) is 12.8. The fraction of sp³-hybridized carbons (Fsp3) is 0.278. The summed E-state index contributed by atoms with van der Waals surface area (Å²) in [5, 5.41) is 8.25. The summed E-state index contributed by atoms with van der Waals surface area (Å²) >= 11 is 0. The highest BCUT2D eigenvalue weighted by Crippen LogP contribution is 2.27. The first-order valence-corrected chi connectivity index (χ1v) is 7.93. The smallest absolute Gasteiger partial charge is 0.252 e. The molecule has 1 N–H and O–H groups in total. The Kier molecular flexibility index (Phi) is 3.54. The zero-order valence-electron chi connectivity index (χ0n) is 12.8. The molecule has 1 aliphatic carbocycles. The summed E-state index contributed by atoms with van der Waals surface area (Å²) in [6, 6.07) is 12.0. The van der Waals surface area contributed by atoms with Crippen LogP contribution < -0.4 is 5.32 Å². The van der Waals surface area contributed by atoms with Gasteiger partial charge < -0.3 is 5.32 Å². The molecule has 0 radical (unpaired) electrons. The van der Waals surface area contributed by atoms with Crippen molar-refractivity contribution in [3.63, 3.8) is 0 Å². The molecule has 5 nitrogen and oxygen atoms in total. The van der Waals surface area contributed by atoms with E-state index in [1.807, 2.05) is 28.9 Å². The number of carbonyl (C=O) groups excluding carboxylic acids is 1. The lowest BCUT2D eigenvalue weighted by Gasteiger charge is -2.05. The van der Waals surface area contributed by atoms with Crippen LogP contribution in [-0.4, -0.2) is 27.2 Å². The SMILES string of the molecule is O=C(NCC1CC1)c1cnc2c(cnn2Cc2ccccc2)c1. The molecule has 2 heterocycles. The molecule has 0 spiro atoms. The van der Waals surface area contributed by atoms with Crippen LogP contribution in [-0.2, 0) is 6.54 Å². The zero-order chi connectivity index (χ0) is 15.6. The highest BCUT2D eigenvalue weighted by Gasteiger charge is 2.22. The number of benzene rings is 1. The lowest BCUT2D eigenvalue weighted by Crippen LogP contribution is -2.25. The van der Waals surface area contributed by atoms with E-state index in [0.717, 1.165) is 17.6 Å². The maximum Gasteiger partial charge on any atom is 0.252 e. The molecule has 1 aliphatic rings. The number of hydrogen-bond acceptors (Lipinski definition) is 3. The summed E-state index contributed by atoms with van der Waals surface area (Å²) in [5.74, 6) is 0.617. The molecular formula is C18H18N4O. The third kappa shape index (κ3) is 3.08. The van der Waals surface area contributed by atoms with Crippen LogP contribution in [0.3, 0.4) is 0 Å². The highest BCUT2D eigenvalue weighted by atomic mass is 16.1. The van der Waals surface area contributed by atoms with Crippen LogP contribution in [0.25, 0.3) is 11.0 Å². The van der Waals surface area contributed by atoms with E-state index in [4.69, 9.17) is 0 Å². The average Bonchev–Trinajstić information content (AvgIpc) is 3.34. The van der Waals surface area contributed by atoms with Gasteiger partial charge in [-0.05, 0) is 30.4 Å². The van der Waals surface area contributed by atoms with Crippen LogP contribution in [0.1, 0.15) is 28.8 Å². The topological polar surface area (TPSA) is 59.8 Å². The highest BCUT2D eigenvalue weighted by molar-refractivity contribution is 5.96. The van der Waals surface area contributed by atoms with Crippen molar-refractivity contribution in [2.75, 3.05) is 6.54 Å². The second kappa shape index (κ2) is 5.83. The van der Waals surface area contributed by atoms with Crippen LogP contribution in [0.4, 0.5) is 0 Å². The third-order valence-electron chi connectivity index (χ3n) is 4.16. The molecule has 2 aromatic heterocycles. The Bertz CT molecular complexity index is 837. The summed E-state index contributed by atoms with van der Waals surface area (Å²) in [5.41, 5.74) is 2.57. The maximum atomic E-state index is 12.1. The second-order valence-corrected chi connectivity index (χ2v) is 6.08. The van der Waals surface area contributed by atoms with E-state index in [-0.39, 0.29) is 5.91 Å². The Hall–Kier alpha value is -2.69. The minimum Gasteiger partial charge on any atom is -0.352 e. The standard InChI is InChI=1S/C18H18N4O/c23-18(20-9-13-6-7-13)16-8-15-11-21-22(17(15)19-10-16)12-14-4-2-1-3-5-14/h1-5,8,10-11,13H,6-7,9,12H2,(H,20,23). The minimum absolute atomic E-state index is 0.0536. The quantitative estimate of drug-likeness (QED) is 0.788. The molecule has 1 amide bonds. The van der Waals surface area contributed by atoms with E-state index < -0.39 is 0 Å². The van der Waals surface area contributed by atoms with Crippen molar-refractivity contribution in [2.45, 2.75) is 19.4 Å². The Labute approximate surface area is 134 Å². The van der Waals surface area contributed by atoms with Crippen molar-refractivity contribution >= 4 is 16.9 Å². The Morgan fingerprint density at radius 3 is 2.83 bits per heavy atom.